The van der Waals surface area contributed by atoms with Crippen molar-refractivity contribution in [3.05, 3.63) is 53.6 Å². The number of oxazole rings is 1. The van der Waals surface area contributed by atoms with E-state index in [9.17, 15) is 9.90 Å². The molecule has 0 saturated carbocycles. The molecule has 0 atom stereocenters. The number of anilines is 2. The lowest BCUT2D eigenvalue weighted by atomic mass is 10.1. The highest BCUT2D eigenvalue weighted by Crippen LogP contribution is 2.25. The summed E-state index contributed by atoms with van der Waals surface area (Å²) in [6.07, 6.45) is 0. The van der Waals surface area contributed by atoms with Gasteiger partial charge in [-0.3, -0.25) is 4.79 Å². The maximum atomic E-state index is 12.6. The van der Waals surface area contributed by atoms with E-state index in [4.69, 9.17) is 10.2 Å². The van der Waals surface area contributed by atoms with Gasteiger partial charge in [0.25, 0.3) is 11.9 Å². The number of phenols is 1. The van der Waals surface area contributed by atoms with Crippen molar-refractivity contribution >= 4 is 39.7 Å². The summed E-state index contributed by atoms with van der Waals surface area (Å²) in [5, 5.41) is 13.3. The lowest BCUT2D eigenvalue weighted by molar-refractivity contribution is 0.102. The minimum atomic E-state index is -0.370. The highest BCUT2D eigenvalue weighted by molar-refractivity contribution is 6.11. The average Bonchev–Trinajstić information content (AvgIpc) is 2.94. The summed E-state index contributed by atoms with van der Waals surface area (Å²) >= 11 is 0. The molecule has 0 aliphatic heterocycles. The lowest BCUT2D eigenvalue weighted by Gasteiger charge is -2.08. The zero-order valence-corrected chi connectivity index (χ0v) is 13.3. The van der Waals surface area contributed by atoms with Gasteiger partial charge in [-0.2, -0.15) is 4.98 Å². The van der Waals surface area contributed by atoms with Crippen LogP contribution in [0.2, 0.25) is 0 Å². The Morgan fingerprint density at radius 1 is 1.20 bits per heavy atom. The number of nitrogens with one attached hydrogen (secondary N) is 1. The van der Waals surface area contributed by atoms with E-state index in [-0.39, 0.29) is 17.7 Å². The topological polar surface area (TPSA) is 114 Å². The van der Waals surface area contributed by atoms with Crippen molar-refractivity contribution in [1.82, 2.24) is 9.97 Å². The van der Waals surface area contributed by atoms with E-state index in [0.717, 1.165) is 10.9 Å². The van der Waals surface area contributed by atoms with E-state index in [0.29, 0.717) is 28.0 Å². The van der Waals surface area contributed by atoms with E-state index >= 15 is 0 Å². The van der Waals surface area contributed by atoms with E-state index in [1.165, 1.54) is 0 Å². The number of pyridine rings is 1. The van der Waals surface area contributed by atoms with Crippen molar-refractivity contribution in [1.29, 1.82) is 0 Å². The van der Waals surface area contributed by atoms with Crippen LogP contribution in [0.25, 0.3) is 22.0 Å². The molecule has 0 unspecified atom stereocenters. The quantitative estimate of drug-likeness (QED) is 0.518. The molecule has 4 aromatic rings. The Bertz CT molecular complexity index is 1130. The molecule has 7 nitrogen and oxygen atoms in total. The van der Waals surface area contributed by atoms with E-state index in [1.807, 2.05) is 6.92 Å². The third-order valence-corrected chi connectivity index (χ3v) is 3.92. The molecule has 4 rings (SSSR count). The largest absolute Gasteiger partial charge is 0.508 e. The minimum absolute atomic E-state index is 0.00500. The van der Waals surface area contributed by atoms with Crippen LogP contribution in [0.4, 0.5) is 11.8 Å². The van der Waals surface area contributed by atoms with Crippen LogP contribution >= 0.6 is 0 Å². The summed E-state index contributed by atoms with van der Waals surface area (Å²) in [6, 6.07) is 11.7. The molecule has 2 aromatic heterocycles. The Labute approximate surface area is 142 Å². The van der Waals surface area contributed by atoms with Crippen molar-refractivity contribution in [2.24, 2.45) is 0 Å². The number of nitrogens with zero attached hydrogens (tertiary/aromatic N) is 2. The van der Waals surface area contributed by atoms with Gasteiger partial charge in [0.05, 0.1) is 11.1 Å². The molecule has 0 fully saturated rings. The Hall–Kier alpha value is -3.61. The summed E-state index contributed by atoms with van der Waals surface area (Å²) in [5.41, 5.74) is 8.27. The molecule has 7 heteroatoms. The molecule has 2 heterocycles. The number of amides is 1. The number of carbonyl (C=O) groups is 1. The van der Waals surface area contributed by atoms with E-state index in [2.05, 4.69) is 15.3 Å². The summed E-state index contributed by atoms with van der Waals surface area (Å²) < 4.78 is 5.24. The minimum Gasteiger partial charge on any atom is -0.508 e. The molecule has 0 aliphatic carbocycles. The van der Waals surface area contributed by atoms with Crippen molar-refractivity contribution in [2.75, 3.05) is 11.1 Å². The molecule has 0 saturated heterocycles. The lowest BCUT2D eigenvalue weighted by Crippen LogP contribution is -2.13. The molecule has 1 amide bonds. The number of carbonyl (C=O) groups excluding carboxylic acids is 1. The highest BCUT2D eigenvalue weighted by Gasteiger charge is 2.15. The summed E-state index contributed by atoms with van der Waals surface area (Å²) in [7, 11) is 0. The number of hydrogen-bond donors (Lipinski definition) is 3. The molecule has 0 radical (unpaired) electrons. The molecule has 0 aliphatic rings. The van der Waals surface area contributed by atoms with Crippen LogP contribution in [0.1, 0.15) is 15.9 Å². The molecule has 0 bridgehead atoms. The van der Waals surface area contributed by atoms with Crippen LogP contribution in [0, 0.1) is 6.92 Å². The number of benzene rings is 2. The Balaban J connectivity index is 1.74. The highest BCUT2D eigenvalue weighted by atomic mass is 16.4. The maximum absolute atomic E-state index is 12.6. The van der Waals surface area contributed by atoms with Gasteiger partial charge in [-0.15, -0.1) is 0 Å². The number of aromatic nitrogens is 2. The second-order valence-corrected chi connectivity index (χ2v) is 5.68. The summed E-state index contributed by atoms with van der Waals surface area (Å²) in [6.45, 7) is 1.91. The Kier molecular flexibility index (Phi) is 3.28. The molecular formula is C18H14N4O3. The summed E-state index contributed by atoms with van der Waals surface area (Å²) in [5.74, 6) is 0.130. The molecule has 2 aromatic carbocycles. The van der Waals surface area contributed by atoms with Crippen LogP contribution in [-0.4, -0.2) is 21.0 Å². The first-order valence-electron chi connectivity index (χ1n) is 7.58. The number of hydrogen-bond acceptors (Lipinski definition) is 6. The predicted molar refractivity (Wildman–Crippen MR) is 94.5 cm³/mol. The Morgan fingerprint density at radius 2 is 2.04 bits per heavy atom. The zero-order chi connectivity index (χ0) is 17.6. The molecular weight excluding hydrogens is 320 g/mol. The first-order chi connectivity index (χ1) is 12.0. The van der Waals surface area contributed by atoms with Crippen LogP contribution < -0.4 is 11.1 Å². The normalized spacial score (nSPS) is 11.1. The number of fused-ring (bicyclic) bond motifs is 2. The van der Waals surface area contributed by atoms with Crippen molar-refractivity contribution in [3.63, 3.8) is 0 Å². The number of nitrogen functional groups attached to an aromatic ring is 1. The monoisotopic (exact) mass is 334 g/mol. The SMILES string of the molecule is Cc1cc(NC(=O)c2cccc3oc(N)nc23)nc2cc(O)ccc12. The van der Waals surface area contributed by atoms with Crippen molar-refractivity contribution in [2.45, 2.75) is 6.92 Å². The van der Waals surface area contributed by atoms with Gasteiger partial charge in [0, 0.05) is 11.5 Å². The van der Waals surface area contributed by atoms with E-state index in [1.54, 1.807) is 42.5 Å². The first-order valence-corrected chi connectivity index (χ1v) is 7.58. The zero-order valence-electron chi connectivity index (χ0n) is 13.3. The standard InChI is InChI=1S/C18H14N4O3/c1-9-7-15(20-13-8-10(23)5-6-11(9)13)21-17(24)12-3-2-4-14-16(12)22-18(19)25-14/h2-8,23H,1H3,(H2,19,22)(H,20,21,24). The van der Waals surface area contributed by atoms with Gasteiger partial charge in [-0.05, 0) is 42.8 Å². The van der Waals surface area contributed by atoms with Crippen LogP contribution in [0.5, 0.6) is 5.75 Å². The average molecular weight is 334 g/mol. The second-order valence-electron chi connectivity index (χ2n) is 5.68. The van der Waals surface area contributed by atoms with Gasteiger partial charge in [-0.25, -0.2) is 4.98 Å². The molecule has 4 N–H and O–H groups in total. The molecule has 25 heavy (non-hydrogen) atoms. The number of para-hydroxylation sites is 1. The van der Waals surface area contributed by atoms with Crippen LogP contribution in [-0.2, 0) is 0 Å². The smallest absolute Gasteiger partial charge is 0.293 e. The van der Waals surface area contributed by atoms with Crippen LogP contribution in [0.3, 0.4) is 0 Å². The summed E-state index contributed by atoms with van der Waals surface area (Å²) in [4.78, 5) is 21.1. The van der Waals surface area contributed by atoms with Gasteiger partial charge in [-0.1, -0.05) is 6.07 Å². The predicted octanol–water partition coefficient (Wildman–Crippen LogP) is 3.22. The van der Waals surface area contributed by atoms with Crippen molar-refractivity contribution < 1.29 is 14.3 Å². The number of aryl methyl sites for hydroxylation is 1. The van der Waals surface area contributed by atoms with Gasteiger partial charge in [0.15, 0.2) is 5.58 Å². The van der Waals surface area contributed by atoms with Crippen molar-refractivity contribution in [3.8, 4) is 5.75 Å². The van der Waals surface area contributed by atoms with Gasteiger partial charge in [0.2, 0.25) is 0 Å². The number of nitrogens with two attached hydrogens (primary N) is 1. The molecule has 124 valence electrons. The third kappa shape index (κ3) is 2.61. The van der Waals surface area contributed by atoms with Gasteiger partial charge < -0.3 is 20.6 Å². The fourth-order valence-corrected chi connectivity index (χ4v) is 2.79. The fourth-order valence-electron chi connectivity index (χ4n) is 2.79. The maximum Gasteiger partial charge on any atom is 0.293 e. The number of phenolic OH excluding ortho intramolecular Hbond substituents is 1. The second kappa shape index (κ2) is 5.48. The van der Waals surface area contributed by atoms with Gasteiger partial charge >= 0.3 is 0 Å². The first kappa shape index (κ1) is 14.9. The van der Waals surface area contributed by atoms with Gasteiger partial charge in [0.1, 0.15) is 17.1 Å². The fraction of sp³-hybridized carbons (Fsp3) is 0.0556. The molecule has 0 spiro atoms. The number of rotatable bonds is 2. The Morgan fingerprint density at radius 3 is 2.88 bits per heavy atom. The van der Waals surface area contributed by atoms with E-state index < -0.39 is 0 Å². The van der Waals surface area contributed by atoms with Crippen LogP contribution in [0.15, 0.2) is 46.9 Å². The number of aromatic hydroxyl groups is 1. The third-order valence-electron chi connectivity index (χ3n) is 3.92.